The maximum Gasteiger partial charge on any atom is 0.338 e. The smallest absolute Gasteiger partial charge is 0.338 e. The van der Waals surface area contributed by atoms with Crippen LogP contribution in [0.4, 0.5) is 0 Å². The number of esters is 1. The van der Waals surface area contributed by atoms with Gasteiger partial charge in [-0.25, -0.2) is 9.59 Å². The van der Waals surface area contributed by atoms with Gasteiger partial charge in [0.2, 0.25) is 0 Å². The summed E-state index contributed by atoms with van der Waals surface area (Å²) in [5.74, 6) is -1.66. The number of aliphatic carboxylic acids is 1. The van der Waals surface area contributed by atoms with Crippen LogP contribution < -0.4 is 0 Å². The summed E-state index contributed by atoms with van der Waals surface area (Å²) in [6, 6.07) is 8.47. The van der Waals surface area contributed by atoms with E-state index >= 15 is 0 Å². The molecule has 1 aromatic carbocycles. The molecule has 0 bridgehead atoms. The molecule has 0 amide bonds. The Kier molecular flexibility index (Phi) is 6.92. The largest absolute Gasteiger partial charge is 0.478 e. The second kappa shape index (κ2) is 8.26. The number of rotatable bonds is 7. The van der Waals surface area contributed by atoms with E-state index in [2.05, 4.69) is 33.9 Å². The molecule has 1 aromatic rings. The van der Waals surface area contributed by atoms with E-state index in [9.17, 15) is 14.7 Å². The van der Waals surface area contributed by atoms with E-state index in [1.807, 2.05) is 0 Å². The maximum absolute atomic E-state index is 11.9. The third-order valence-electron chi connectivity index (χ3n) is 4.22. The minimum absolute atomic E-state index is 0.0120. The van der Waals surface area contributed by atoms with Gasteiger partial charge in [0, 0.05) is 0 Å². The Labute approximate surface area is 144 Å². The van der Waals surface area contributed by atoms with E-state index in [1.54, 1.807) is 30.3 Å². The first-order valence-corrected chi connectivity index (χ1v) is 10.7. The topological polar surface area (TPSA) is 72.8 Å². The summed E-state index contributed by atoms with van der Waals surface area (Å²) in [4.78, 5) is 23.2. The van der Waals surface area contributed by atoms with Crippen molar-refractivity contribution in [1.82, 2.24) is 0 Å². The highest BCUT2D eigenvalue weighted by Crippen LogP contribution is 2.36. The van der Waals surface area contributed by atoms with Crippen molar-refractivity contribution in [2.45, 2.75) is 38.9 Å². The summed E-state index contributed by atoms with van der Waals surface area (Å²) >= 11 is 0. The van der Waals surface area contributed by atoms with Crippen molar-refractivity contribution in [3.63, 3.8) is 0 Å². The van der Waals surface area contributed by atoms with E-state index in [1.165, 1.54) is 6.08 Å². The molecule has 5 nitrogen and oxygen atoms in total. The van der Waals surface area contributed by atoms with Crippen molar-refractivity contribution >= 4 is 20.3 Å². The number of carboxylic acids is 1. The van der Waals surface area contributed by atoms with Gasteiger partial charge in [-0.1, -0.05) is 39.0 Å². The van der Waals surface area contributed by atoms with Gasteiger partial charge in [0.25, 0.3) is 0 Å². The number of ether oxygens (including phenoxy) is 1. The molecule has 0 saturated heterocycles. The minimum atomic E-state index is -1.95. The fraction of sp³-hybridized carbons (Fsp3) is 0.444. The maximum atomic E-state index is 11.9. The molecule has 0 aliphatic heterocycles. The summed E-state index contributed by atoms with van der Waals surface area (Å²) in [5.41, 5.74) is 0.401. The number of benzene rings is 1. The summed E-state index contributed by atoms with van der Waals surface area (Å²) in [6.45, 7) is 10.4. The number of hydrogen-bond acceptors (Lipinski definition) is 4. The SMILES string of the molecule is CC(C)(C)[Si](C)(C)OC/C=C(\COC(=O)c1ccccc1)C(=O)O. The van der Waals surface area contributed by atoms with Gasteiger partial charge < -0.3 is 14.3 Å². The second-order valence-electron chi connectivity index (χ2n) is 7.05. The van der Waals surface area contributed by atoms with Crippen LogP contribution in [0, 0.1) is 0 Å². The molecule has 0 spiro atoms. The molecule has 0 aromatic heterocycles. The molecule has 0 saturated carbocycles. The van der Waals surface area contributed by atoms with Crippen LogP contribution in [-0.4, -0.2) is 38.6 Å². The number of carbonyl (C=O) groups excluding carboxylic acids is 1. The molecule has 0 atom stereocenters. The average molecular weight is 350 g/mol. The van der Waals surface area contributed by atoms with E-state index < -0.39 is 20.3 Å². The van der Waals surface area contributed by atoms with Gasteiger partial charge in [0.1, 0.15) is 6.61 Å². The average Bonchev–Trinajstić information content (AvgIpc) is 2.49. The summed E-state index contributed by atoms with van der Waals surface area (Å²) in [5, 5.41) is 9.29. The lowest BCUT2D eigenvalue weighted by Crippen LogP contribution is -2.40. The van der Waals surface area contributed by atoms with Crippen LogP contribution in [0.25, 0.3) is 0 Å². The lowest BCUT2D eigenvalue weighted by atomic mass is 10.2. The Balaban J connectivity index is 2.64. The van der Waals surface area contributed by atoms with Crippen molar-refractivity contribution in [2.24, 2.45) is 0 Å². The first-order valence-electron chi connectivity index (χ1n) is 7.83. The van der Waals surface area contributed by atoms with Crippen molar-refractivity contribution in [2.75, 3.05) is 13.2 Å². The fourth-order valence-electron chi connectivity index (χ4n) is 1.58. The van der Waals surface area contributed by atoms with Crippen molar-refractivity contribution in [3.05, 3.63) is 47.5 Å². The minimum Gasteiger partial charge on any atom is -0.478 e. The van der Waals surface area contributed by atoms with Gasteiger partial charge >= 0.3 is 11.9 Å². The van der Waals surface area contributed by atoms with Crippen LogP contribution in [0.2, 0.25) is 18.1 Å². The molecule has 1 rings (SSSR count). The lowest BCUT2D eigenvalue weighted by Gasteiger charge is -2.35. The third kappa shape index (κ3) is 5.94. The van der Waals surface area contributed by atoms with Gasteiger partial charge in [0.05, 0.1) is 17.7 Å². The van der Waals surface area contributed by atoms with Crippen LogP contribution in [0.3, 0.4) is 0 Å². The van der Waals surface area contributed by atoms with Gasteiger partial charge in [0.15, 0.2) is 8.32 Å². The van der Waals surface area contributed by atoms with Crippen molar-refractivity contribution in [1.29, 1.82) is 0 Å². The Morgan fingerprint density at radius 1 is 1.17 bits per heavy atom. The summed E-state index contributed by atoms with van der Waals surface area (Å²) in [7, 11) is -1.95. The highest BCUT2D eigenvalue weighted by atomic mass is 28.4. The molecule has 24 heavy (non-hydrogen) atoms. The highest BCUT2D eigenvalue weighted by molar-refractivity contribution is 6.74. The predicted octanol–water partition coefficient (Wildman–Crippen LogP) is 3.88. The van der Waals surface area contributed by atoms with Crippen molar-refractivity contribution in [3.8, 4) is 0 Å². The standard InChI is InChI=1S/C18H26O5Si/c1-18(2,3)24(4,5)23-12-11-15(16(19)20)13-22-17(21)14-9-7-6-8-10-14/h6-11H,12-13H2,1-5H3,(H,19,20)/b15-11+. The molecule has 0 aliphatic carbocycles. The first kappa shape index (κ1) is 20.1. The number of carbonyl (C=O) groups is 2. The molecule has 0 fully saturated rings. The van der Waals surface area contributed by atoms with Crippen LogP contribution in [0.5, 0.6) is 0 Å². The molecule has 0 heterocycles. The predicted molar refractivity (Wildman–Crippen MR) is 95.6 cm³/mol. The van der Waals surface area contributed by atoms with Gasteiger partial charge in [-0.3, -0.25) is 0 Å². The van der Waals surface area contributed by atoms with Gasteiger partial charge in [-0.2, -0.15) is 0 Å². The molecular formula is C18H26O5Si. The third-order valence-corrected chi connectivity index (χ3v) is 8.72. The van der Waals surface area contributed by atoms with Gasteiger partial charge in [-0.05, 0) is 36.3 Å². The van der Waals surface area contributed by atoms with Crippen molar-refractivity contribution < 1.29 is 23.9 Å². The zero-order valence-corrected chi connectivity index (χ0v) is 16.0. The van der Waals surface area contributed by atoms with Crippen LogP contribution >= 0.6 is 0 Å². The molecule has 132 valence electrons. The molecular weight excluding hydrogens is 324 g/mol. The lowest BCUT2D eigenvalue weighted by molar-refractivity contribution is -0.133. The van der Waals surface area contributed by atoms with Gasteiger partial charge in [-0.15, -0.1) is 0 Å². The Morgan fingerprint density at radius 2 is 1.75 bits per heavy atom. The number of hydrogen-bond donors (Lipinski definition) is 1. The highest BCUT2D eigenvalue weighted by Gasteiger charge is 2.36. The molecule has 6 heteroatoms. The fourth-order valence-corrected chi connectivity index (χ4v) is 2.51. The number of carboxylic acid groups (broad SMARTS) is 1. The van der Waals surface area contributed by atoms with Crippen LogP contribution in [-0.2, 0) is 14.0 Å². The Hall–Kier alpha value is -1.92. The molecule has 0 radical (unpaired) electrons. The summed E-state index contributed by atoms with van der Waals surface area (Å²) < 4.78 is 11.0. The molecule has 0 unspecified atom stereocenters. The second-order valence-corrected chi connectivity index (χ2v) is 11.9. The van der Waals surface area contributed by atoms with Crippen LogP contribution in [0.1, 0.15) is 31.1 Å². The quantitative estimate of drug-likeness (QED) is 0.459. The molecule has 0 aliphatic rings. The van der Waals surface area contributed by atoms with E-state index in [0.29, 0.717) is 5.56 Å². The Bertz CT molecular complexity index is 600. The zero-order valence-electron chi connectivity index (χ0n) is 15.0. The first-order chi connectivity index (χ1) is 11.0. The monoisotopic (exact) mass is 350 g/mol. The van der Waals surface area contributed by atoms with E-state index in [4.69, 9.17) is 9.16 Å². The normalized spacial score (nSPS) is 12.8. The summed E-state index contributed by atoms with van der Waals surface area (Å²) in [6.07, 6.45) is 1.47. The van der Waals surface area contributed by atoms with E-state index in [0.717, 1.165) is 0 Å². The van der Waals surface area contributed by atoms with Crippen LogP contribution in [0.15, 0.2) is 42.0 Å². The Morgan fingerprint density at radius 3 is 2.25 bits per heavy atom. The van der Waals surface area contributed by atoms with E-state index in [-0.39, 0.29) is 23.8 Å². The molecule has 1 N–H and O–H groups in total. The zero-order chi connectivity index (χ0) is 18.4.